The van der Waals surface area contributed by atoms with E-state index in [1.54, 1.807) is 0 Å². The highest BCUT2D eigenvalue weighted by Gasteiger charge is 2.17. The average Bonchev–Trinajstić information content (AvgIpc) is 3.15. The molecule has 0 saturated heterocycles. The molecule has 0 N–H and O–H groups in total. The van der Waals surface area contributed by atoms with E-state index in [9.17, 15) is 0 Å². The number of aryl methyl sites for hydroxylation is 1. The van der Waals surface area contributed by atoms with Gasteiger partial charge in [0.25, 0.3) is 0 Å². The van der Waals surface area contributed by atoms with Crippen LogP contribution >= 0.6 is 0 Å². The highest BCUT2D eigenvalue weighted by Crippen LogP contribution is 2.25. The van der Waals surface area contributed by atoms with Crippen molar-refractivity contribution in [1.29, 1.82) is 0 Å². The number of hydrogen-bond donors (Lipinski definition) is 0. The summed E-state index contributed by atoms with van der Waals surface area (Å²) >= 11 is 0. The van der Waals surface area contributed by atoms with E-state index in [2.05, 4.69) is 71.6 Å². The summed E-state index contributed by atoms with van der Waals surface area (Å²) in [6.45, 7) is 0. The number of hydrogen-bond acceptors (Lipinski definition) is 0. The van der Waals surface area contributed by atoms with Crippen molar-refractivity contribution in [3.8, 4) is 11.1 Å². The Hall–Kier alpha value is -2.54. The van der Waals surface area contributed by atoms with Crippen molar-refractivity contribution >= 4 is 11.8 Å². The predicted octanol–water partition coefficient (Wildman–Crippen LogP) is 3.48. The Morgan fingerprint density at radius 3 is 2.52 bits per heavy atom. The normalized spacial score (nSPS) is 15.4. The molecule has 5 rings (SSSR count). The first-order valence-electron chi connectivity index (χ1n) is 8.49. The Balaban J connectivity index is 1.91. The van der Waals surface area contributed by atoms with Crippen LogP contribution in [0.2, 0.25) is 0 Å². The maximum absolute atomic E-state index is 2.44. The van der Waals surface area contributed by atoms with Crippen LogP contribution in [0.3, 0.4) is 0 Å². The molecule has 0 atom stereocenters. The molecule has 2 aliphatic rings. The summed E-state index contributed by atoms with van der Waals surface area (Å²) in [6, 6.07) is 17.8. The largest absolute Gasteiger partial charge is 0.327 e. The van der Waals surface area contributed by atoms with E-state index < -0.39 is 0 Å². The predicted molar refractivity (Wildman–Crippen MR) is 95.5 cm³/mol. The lowest BCUT2D eigenvalue weighted by molar-refractivity contribution is 0.782. The van der Waals surface area contributed by atoms with Crippen molar-refractivity contribution in [2.75, 3.05) is 0 Å². The van der Waals surface area contributed by atoms with Crippen LogP contribution in [0.5, 0.6) is 0 Å². The van der Waals surface area contributed by atoms with Crippen LogP contribution in [-0.4, -0.2) is 4.57 Å². The summed E-state index contributed by atoms with van der Waals surface area (Å²) in [5.74, 6) is 0. The minimum absolute atomic E-state index is 1.04. The summed E-state index contributed by atoms with van der Waals surface area (Å²) in [4.78, 5) is 0. The third-order valence-corrected chi connectivity index (χ3v) is 5.23. The fourth-order valence-electron chi connectivity index (χ4n) is 4.18. The third-order valence-electron chi connectivity index (χ3n) is 5.23. The molecular formula is C22H19N. The zero-order chi connectivity index (χ0) is 15.2. The smallest absolute Gasteiger partial charge is 0.0301 e. The summed E-state index contributed by atoms with van der Waals surface area (Å²) < 4.78 is 2.31. The number of nitrogens with zero attached hydrogens (tertiary/aromatic N) is 1. The highest BCUT2D eigenvalue weighted by atomic mass is 14.9. The van der Waals surface area contributed by atoms with Gasteiger partial charge in [-0.3, -0.25) is 0 Å². The number of aromatic nitrogens is 1. The van der Waals surface area contributed by atoms with Crippen LogP contribution in [0.1, 0.15) is 24.0 Å². The van der Waals surface area contributed by atoms with Crippen LogP contribution < -0.4 is 10.4 Å². The van der Waals surface area contributed by atoms with Crippen LogP contribution in [0, 0.1) is 0 Å². The fraction of sp³-hybridized carbons (Fsp3) is 0.182. The van der Waals surface area contributed by atoms with Gasteiger partial charge in [0.05, 0.1) is 0 Å². The van der Waals surface area contributed by atoms with Crippen molar-refractivity contribution < 1.29 is 0 Å². The van der Waals surface area contributed by atoms with E-state index in [0.29, 0.717) is 0 Å². The van der Waals surface area contributed by atoms with Crippen molar-refractivity contribution in [3.05, 3.63) is 82.5 Å². The molecule has 0 aliphatic heterocycles. The Morgan fingerprint density at radius 1 is 0.739 bits per heavy atom. The van der Waals surface area contributed by atoms with Gasteiger partial charge in [-0.15, -0.1) is 0 Å². The molecule has 2 aliphatic carbocycles. The van der Waals surface area contributed by atoms with Gasteiger partial charge in [0.15, 0.2) is 0 Å². The van der Waals surface area contributed by atoms with Gasteiger partial charge in [0, 0.05) is 23.3 Å². The maximum Gasteiger partial charge on any atom is 0.0301 e. The molecule has 0 bridgehead atoms. The van der Waals surface area contributed by atoms with Gasteiger partial charge < -0.3 is 4.57 Å². The fourth-order valence-corrected chi connectivity index (χ4v) is 4.18. The third kappa shape index (κ3) is 1.93. The van der Waals surface area contributed by atoms with Crippen LogP contribution in [0.15, 0.2) is 60.9 Å². The minimum atomic E-state index is 1.04. The zero-order valence-corrected chi connectivity index (χ0v) is 13.1. The monoisotopic (exact) mass is 297 g/mol. The van der Waals surface area contributed by atoms with Gasteiger partial charge in [-0.25, -0.2) is 0 Å². The lowest BCUT2D eigenvalue weighted by Crippen LogP contribution is -2.37. The number of rotatable bonds is 1. The topological polar surface area (TPSA) is 4.93 Å². The molecule has 0 spiro atoms. The van der Waals surface area contributed by atoms with Crippen LogP contribution in [0.25, 0.3) is 22.9 Å². The lowest BCUT2D eigenvalue weighted by Gasteiger charge is -2.22. The van der Waals surface area contributed by atoms with Gasteiger partial charge in [-0.2, -0.15) is 0 Å². The van der Waals surface area contributed by atoms with Crippen molar-refractivity contribution in [2.24, 2.45) is 0 Å². The lowest BCUT2D eigenvalue weighted by atomic mass is 9.86. The van der Waals surface area contributed by atoms with Gasteiger partial charge in [-0.05, 0) is 65.3 Å². The van der Waals surface area contributed by atoms with E-state index in [-0.39, 0.29) is 0 Å². The molecule has 1 heteroatoms. The molecule has 1 nitrogen and oxygen atoms in total. The Labute approximate surface area is 136 Å². The molecule has 3 aromatic rings. The highest BCUT2D eigenvalue weighted by molar-refractivity contribution is 5.74. The van der Waals surface area contributed by atoms with E-state index >= 15 is 0 Å². The molecule has 0 saturated carbocycles. The van der Waals surface area contributed by atoms with E-state index in [4.69, 9.17) is 0 Å². The van der Waals surface area contributed by atoms with Gasteiger partial charge in [0.2, 0.25) is 0 Å². The van der Waals surface area contributed by atoms with Gasteiger partial charge >= 0.3 is 0 Å². The molecule has 112 valence electrons. The molecular weight excluding hydrogens is 278 g/mol. The summed E-state index contributed by atoms with van der Waals surface area (Å²) in [7, 11) is 0. The first-order valence-corrected chi connectivity index (χ1v) is 8.49. The molecule has 1 aromatic heterocycles. The molecule has 23 heavy (non-hydrogen) atoms. The summed E-state index contributed by atoms with van der Waals surface area (Å²) in [6.07, 6.45) is 11.4. The summed E-state index contributed by atoms with van der Waals surface area (Å²) in [5, 5.41) is 2.93. The Morgan fingerprint density at radius 2 is 1.61 bits per heavy atom. The maximum atomic E-state index is 2.44. The van der Waals surface area contributed by atoms with Gasteiger partial charge in [0.1, 0.15) is 0 Å². The van der Waals surface area contributed by atoms with E-state index in [0.717, 1.165) is 12.8 Å². The van der Waals surface area contributed by atoms with Gasteiger partial charge in [-0.1, -0.05) is 42.5 Å². The Bertz CT molecular complexity index is 1010. The van der Waals surface area contributed by atoms with Crippen molar-refractivity contribution in [1.82, 2.24) is 4.57 Å². The molecule has 0 fully saturated rings. The average molecular weight is 297 g/mol. The van der Waals surface area contributed by atoms with Crippen molar-refractivity contribution in [2.45, 2.75) is 25.7 Å². The molecule has 0 radical (unpaired) electrons. The number of benzene rings is 2. The SMILES string of the molecule is C1=c2c(ccc3c2=C(n2cccc2)CCC3)-c2ccccc2C1. The number of fused-ring (bicyclic) bond motifs is 5. The van der Waals surface area contributed by atoms with Crippen LogP contribution in [0.4, 0.5) is 0 Å². The van der Waals surface area contributed by atoms with Crippen molar-refractivity contribution in [3.63, 3.8) is 0 Å². The molecule has 0 amide bonds. The second-order valence-electron chi connectivity index (χ2n) is 6.52. The second-order valence-corrected chi connectivity index (χ2v) is 6.52. The van der Waals surface area contributed by atoms with Crippen LogP contribution in [-0.2, 0) is 12.8 Å². The quantitative estimate of drug-likeness (QED) is 0.648. The van der Waals surface area contributed by atoms with E-state index in [1.165, 1.54) is 51.2 Å². The minimum Gasteiger partial charge on any atom is -0.327 e. The molecule has 1 heterocycles. The zero-order valence-electron chi connectivity index (χ0n) is 13.1. The summed E-state index contributed by atoms with van der Waals surface area (Å²) in [5.41, 5.74) is 7.22. The standard InChI is InChI=1S/C22H19N/c1-2-8-18-16(6-1)10-13-20-19(18)12-11-17-7-5-9-21(22(17)20)23-14-3-4-15-23/h1-4,6,8,11-15H,5,7,9-10H2. The first-order chi connectivity index (χ1) is 11.4. The molecule has 2 aromatic carbocycles. The molecule has 0 unspecified atom stereocenters. The second kappa shape index (κ2) is 4.99. The van der Waals surface area contributed by atoms with E-state index in [1.807, 2.05) is 0 Å². The first kappa shape index (κ1) is 13.0. The Kier molecular flexibility index (Phi) is 2.81.